The van der Waals surface area contributed by atoms with E-state index in [1.54, 1.807) is 0 Å². The van der Waals surface area contributed by atoms with Gasteiger partial charge >= 0.3 is 0 Å². The van der Waals surface area contributed by atoms with Crippen LogP contribution in [0.15, 0.2) is 4.52 Å². The maximum atomic E-state index is 5.44. The summed E-state index contributed by atoms with van der Waals surface area (Å²) in [4.78, 5) is 4.30. The van der Waals surface area contributed by atoms with Crippen molar-refractivity contribution in [3.05, 3.63) is 11.7 Å². The molecule has 1 aromatic heterocycles. The molecule has 4 nitrogen and oxygen atoms in total. The molecule has 0 aromatic carbocycles. The maximum Gasteiger partial charge on any atom is 0.240 e. The van der Waals surface area contributed by atoms with Gasteiger partial charge in [-0.3, -0.25) is 0 Å². The topological polar surface area (TPSA) is 64.9 Å². The minimum atomic E-state index is 0.345. The van der Waals surface area contributed by atoms with Gasteiger partial charge in [-0.15, -0.1) is 0 Å². The molecule has 0 amide bonds. The summed E-state index contributed by atoms with van der Waals surface area (Å²) < 4.78 is 5.03. The zero-order chi connectivity index (χ0) is 10.7. The molecule has 1 fully saturated rings. The Hall–Kier alpha value is -0.900. The zero-order valence-corrected chi connectivity index (χ0v) is 9.28. The predicted molar refractivity (Wildman–Crippen MR) is 57.2 cm³/mol. The van der Waals surface area contributed by atoms with Crippen LogP contribution in [-0.4, -0.2) is 10.1 Å². The van der Waals surface area contributed by atoms with E-state index >= 15 is 0 Å². The van der Waals surface area contributed by atoms with Crippen LogP contribution in [0.3, 0.4) is 0 Å². The second kappa shape index (κ2) is 4.75. The Morgan fingerprint density at radius 3 is 2.60 bits per heavy atom. The normalized spacial score (nSPS) is 26.8. The van der Waals surface area contributed by atoms with Gasteiger partial charge in [0.25, 0.3) is 0 Å². The fourth-order valence-corrected chi connectivity index (χ4v) is 2.35. The number of nitrogens with two attached hydrogens (primary N) is 1. The van der Waals surface area contributed by atoms with Crippen LogP contribution in [0.2, 0.25) is 0 Å². The van der Waals surface area contributed by atoms with Crippen LogP contribution in [0.25, 0.3) is 0 Å². The molecule has 0 radical (unpaired) electrons. The molecule has 84 valence electrons. The van der Waals surface area contributed by atoms with Crippen molar-refractivity contribution in [2.45, 2.75) is 51.5 Å². The third-order valence-corrected chi connectivity index (χ3v) is 3.45. The lowest BCUT2D eigenvalue weighted by atomic mass is 9.80. The van der Waals surface area contributed by atoms with E-state index in [2.05, 4.69) is 17.1 Å². The van der Waals surface area contributed by atoms with Gasteiger partial charge in [-0.25, -0.2) is 0 Å². The molecule has 0 unspecified atom stereocenters. The van der Waals surface area contributed by atoms with Crippen molar-refractivity contribution in [1.82, 2.24) is 10.1 Å². The van der Waals surface area contributed by atoms with Gasteiger partial charge in [-0.1, -0.05) is 18.5 Å². The van der Waals surface area contributed by atoms with Gasteiger partial charge in [0.05, 0.1) is 6.54 Å². The van der Waals surface area contributed by atoms with Gasteiger partial charge in [-0.05, 0) is 31.6 Å². The van der Waals surface area contributed by atoms with Gasteiger partial charge in [-0.2, -0.15) is 4.98 Å². The molecule has 0 spiro atoms. The Morgan fingerprint density at radius 1 is 1.33 bits per heavy atom. The van der Waals surface area contributed by atoms with Crippen molar-refractivity contribution in [2.24, 2.45) is 11.7 Å². The molecule has 1 heterocycles. The summed E-state index contributed by atoms with van der Waals surface area (Å²) in [6, 6.07) is 0. The molecule has 2 rings (SSSR count). The third-order valence-electron chi connectivity index (χ3n) is 3.45. The van der Waals surface area contributed by atoms with Crippen LogP contribution in [0.5, 0.6) is 0 Å². The predicted octanol–water partition coefficient (Wildman–Crippen LogP) is 2.21. The first kappa shape index (κ1) is 10.6. The second-order valence-corrected chi connectivity index (χ2v) is 4.38. The molecule has 0 saturated heterocycles. The molecule has 2 N–H and O–H groups in total. The summed E-state index contributed by atoms with van der Waals surface area (Å²) in [7, 11) is 0. The average Bonchev–Trinajstić information content (AvgIpc) is 2.78. The minimum Gasteiger partial charge on any atom is -0.338 e. The lowest BCUT2D eigenvalue weighted by Gasteiger charge is -2.25. The van der Waals surface area contributed by atoms with Crippen molar-refractivity contribution >= 4 is 0 Å². The molecule has 1 aliphatic carbocycles. The largest absolute Gasteiger partial charge is 0.338 e. The number of hydrogen-bond acceptors (Lipinski definition) is 4. The first-order chi connectivity index (χ1) is 7.33. The highest BCUT2D eigenvalue weighted by molar-refractivity contribution is 4.97. The fourth-order valence-electron chi connectivity index (χ4n) is 2.35. The molecule has 0 aliphatic heterocycles. The molecule has 1 aromatic rings. The summed E-state index contributed by atoms with van der Waals surface area (Å²) in [5.41, 5.74) is 5.44. The van der Waals surface area contributed by atoms with Crippen LogP contribution < -0.4 is 5.73 Å². The molecular formula is C11H19N3O. The van der Waals surface area contributed by atoms with E-state index in [1.807, 2.05) is 0 Å². The smallest absolute Gasteiger partial charge is 0.240 e. The van der Waals surface area contributed by atoms with E-state index in [4.69, 9.17) is 10.3 Å². The summed E-state index contributed by atoms with van der Waals surface area (Å²) in [5, 5.41) is 4.00. The zero-order valence-electron chi connectivity index (χ0n) is 9.28. The molecule has 1 saturated carbocycles. The number of nitrogens with zero attached hydrogens (tertiary/aromatic N) is 2. The van der Waals surface area contributed by atoms with Crippen LogP contribution >= 0.6 is 0 Å². The summed E-state index contributed by atoms with van der Waals surface area (Å²) in [6.07, 6.45) is 6.29. The van der Waals surface area contributed by atoms with Crippen molar-refractivity contribution < 1.29 is 4.52 Å². The highest BCUT2D eigenvalue weighted by Gasteiger charge is 2.24. The quantitative estimate of drug-likeness (QED) is 0.829. The average molecular weight is 209 g/mol. The standard InChI is InChI=1S/C11H19N3O/c1-2-8-3-5-9(6-4-8)11-13-10(7-12)15-14-11/h8-9H,2-7,12H2,1H3. The third kappa shape index (κ3) is 2.37. The monoisotopic (exact) mass is 209 g/mol. The van der Waals surface area contributed by atoms with E-state index in [0.29, 0.717) is 18.4 Å². The minimum absolute atomic E-state index is 0.345. The number of rotatable bonds is 3. The number of hydrogen-bond donors (Lipinski definition) is 1. The van der Waals surface area contributed by atoms with E-state index in [9.17, 15) is 0 Å². The Bertz CT molecular complexity index is 303. The van der Waals surface area contributed by atoms with Gasteiger partial charge < -0.3 is 10.3 Å². The van der Waals surface area contributed by atoms with Crippen LogP contribution in [0, 0.1) is 5.92 Å². The Morgan fingerprint density at radius 2 is 2.07 bits per heavy atom. The molecule has 1 aliphatic rings. The summed E-state index contributed by atoms with van der Waals surface area (Å²) >= 11 is 0. The first-order valence-corrected chi connectivity index (χ1v) is 5.86. The Kier molecular flexibility index (Phi) is 3.36. The summed E-state index contributed by atoms with van der Waals surface area (Å²) in [5.74, 6) is 2.83. The molecular weight excluding hydrogens is 190 g/mol. The van der Waals surface area contributed by atoms with E-state index < -0.39 is 0 Å². The SMILES string of the molecule is CCC1CCC(c2noc(CN)n2)CC1. The Balaban J connectivity index is 1.95. The lowest BCUT2D eigenvalue weighted by molar-refractivity contribution is 0.303. The van der Waals surface area contributed by atoms with E-state index in [0.717, 1.165) is 11.7 Å². The highest BCUT2D eigenvalue weighted by Crippen LogP contribution is 2.35. The van der Waals surface area contributed by atoms with Gasteiger partial charge in [0.2, 0.25) is 5.89 Å². The molecule has 15 heavy (non-hydrogen) atoms. The summed E-state index contributed by atoms with van der Waals surface area (Å²) in [6.45, 7) is 2.61. The number of aromatic nitrogens is 2. The van der Waals surface area contributed by atoms with E-state index in [1.165, 1.54) is 32.1 Å². The van der Waals surface area contributed by atoms with Crippen LogP contribution in [-0.2, 0) is 6.54 Å². The van der Waals surface area contributed by atoms with E-state index in [-0.39, 0.29) is 0 Å². The maximum absolute atomic E-state index is 5.44. The molecule has 4 heteroatoms. The van der Waals surface area contributed by atoms with Gasteiger partial charge in [0.1, 0.15) is 0 Å². The van der Waals surface area contributed by atoms with Gasteiger partial charge in [0.15, 0.2) is 5.82 Å². The van der Waals surface area contributed by atoms with Crippen LogP contribution in [0.4, 0.5) is 0 Å². The lowest BCUT2D eigenvalue weighted by Crippen LogP contribution is -2.13. The highest BCUT2D eigenvalue weighted by atomic mass is 16.5. The van der Waals surface area contributed by atoms with Crippen LogP contribution in [0.1, 0.15) is 56.7 Å². The van der Waals surface area contributed by atoms with Crippen molar-refractivity contribution in [1.29, 1.82) is 0 Å². The fraction of sp³-hybridized carbons (Fsp3) is 0.818. The molecule has 0 bridgehead atoms. The molecule has 0 atom stereocenters. The van der Waals surface area contributed by atoms with Gasteiger partial charge in [0, 0.05) is 5.92 Å². The van der Waals surface area contributed by atoms with Crippen molar-refractivity contribution in [3.8, 4) is 0 Å². The second-order valence-electron chi connectivity index (χ2n) is 4.38. The Labute approximate surface area is 90.2 Å². The van der Waals surface area contributed by atoms with Crippen molar-refractivity contribution in [2.75, 3.05) is 0 Å². The van der Waals surface area contributed by atoms with Crippen molar-refractivity contribution in [3.63, 3.8) is 0 Å². The first-order valence-electron chi connectivity index (χ1n) is 5.86.